The Morgan fingerprint density at radius 2 is 1.76 bits per heavy atom. The lowest BCUT2D eigenvalue weighted by molar-refractivity contribution is -0.137. The van der Waals surface area contributed by atoms with Gasteiger partial charge in [0.15, 0.2) is 0 Å². The molecular formula is C18H18ClF3N2O. The van der Waals surface area contributed by atoms with Crippen LogP contribution in [0, 0.1) is 13.8 Å². The number of halogens is 4. The van der Waals surface area contributed by atoms with E-state index in [2.05, 4.69) is 4.99 Å². The van der Waals surface area contributed by atoms with E-state index in [0.717, 1.165) is 22.9 Å². The van der Waals surface area contributed by atoms with E-state index in [1.165, 1.54) is 12.1 Å². The Balaban J connectivity index is 2.34. The van der Waals surface area contributed by atoms with Crippen molar-refractivity contribution in [2.75, 3.05) is 14.1 Å². The summed E-state index contributed by atoms with van der Waals surface area (Å²) < 4.78 is 44.5. The van der Waals surface area contributed by atoms with Crippen molar-refractivity contribution >= 4 is 23.6 Å². The summed E-state index contributed by atoms with van der Waals surface area (Å²) in [7, 11) is 3.73. The number of aliphatic imine (C=N–C) groups is 1. The molecule has 0 bridgehead atoms. The molecule has 0 radical (unpaired) electrons. The van der Waals surface area contributed by atoms with Crippen LogP contribution in [0.25, 0.3) is 0 Å². The molecular weight excluding hydrogens is 353 g/mol. The number of hydrogen-bond donors (Lipinski definition) is 0. The Labute approximate surface area is 149 Å². The Kier molecular flexibility index (Phi) is 5.62. The summed E-state index contributed by atoms with van der Waals surface area (Å²) in [6.07, 6.45) is -2.86. The molecule has 134 valence electrons. The smallest absolute Gasteiger partial charge is 0.417 e. The molecule has 0 unspecified atom stereocenters. The highest BCUT2D eigenvalue weighted by molar-refractivity contribution is 6.31. The van der Waals surface area contributed by atoms with Gasteiger partial charge in [0.25, 0.3) is 0 Å². The van der Waals surface area contributed by atoms with Gasteiger partial charge in [0.1, 0.15) is 11.5 Å². The molecule has 0 aromatic heterocycles. The van der Waals surface area contributed by atoms with Gasteiger partial charge in [-0.3, -0.25) is 0 Å². The van der Waals surface area contributed by atoms with Crippen molar-refractivity contribution in [3.63, 3.8) is 0 Å². The van der Waals surface area contributed by atoms with Gasteiger partial charge in [-0.05, 0) is 55.3 Å². The molecule has 0 aliphatic carbocycles. The van der Waals surface area contributed by atoms with E-state index in [1.54, 1.807) is 12.4 Å². The predicted molar refractivity (Wildman–Crippen MR) is 94.3 cm³/mol. The van der Waals surface area contributed by atoms with E-state index in [1.807, 2.05) is 38.9 Å². The van der Waals surface area contributed by atoms with Crippen LogP contribution >= 0.6 is 11.6 Å². The van der Waals surface area contributed by atoms with E-state index in [-0.39, 0.29) is 10.8 Å². The molecule has 0 atom stereocenters. The zero-order chi connectivity index (χ0) is 18.8. The minimum atomic E-state index is -4.54. The first kappa shape index (κ1) is 19.1. The third-order valence-corrected chi connectivity index (χ3v) is 3.72. The van der Waals surface area contributed by atoms with Crippen molar-refractivity contribution in [2.45, 2.75) is 20.0 Å². The monoisotopic (exact) mass is 370 g/mol. The van der Waals surface area contributed by atoms with Crippen LogP contribution in [0.1, 0.15) is 16.7 Å². The largest absolute Gasteiger partial charge is 0.457 e. The summed E-state index contributed by atoms with van der Waals surface area (Å²) in [5.41, 5.74) is 1.46. The molecule has 0 amide bonds. The first-order chi connectivity index (χ1) is 11.6. The Bertz CT molecular complexity index is 802. The normalized spacial score (nSPS) is 11.8. The lowest BCUT2D eigenvalue weighted by atomic mass is 10.1. The zero-order valence-corrected chi connectivity index (χ0v) is 15.0. The zero-order valence-electron chi connectivity index (χ0n) is 14.3. The van der Waals surface area contributed by atoms with E-state index < -0.39 is 11.7 Å². The van der Waals surface area contributed by atoms with Gasteiger partial charge in [-0.25, -0.2) is 4.99 Å². The lowest BCUT2D eigenvalue weighted by Crippen LogP contribution is -2.07. The average molecular weight is 371 g/mol. The molecule has 0 aliphatic rings. The third-order valence-electron chi connectivity index (χ3n) is 3.39. The fourth-order valence-corrected chi connectivity index (χ4v) is 2.34. The molecule has 0 fully saturated rings. The summed E-state index contributed by atoms with van der Waals surface area (Å²) in [4.78, 5) is 6.16. The van der Waals surface area contributed by atoms with E-state index >= 15 is 0 Å². The molecule has 3 nitrogen and oxygen atoms in total. The van der Waals surface area contributed by atoms with Gasteiger partial charge in [-0.2, -0.15) is 13.2 Å². The second kappa shape index (κ2) is 7.35. The molecule has 0 spiro atoms. The van der Waals surface area contributed by atoms with Crippen molar-refractivity contribution in [2.24, 2.45) is 4.99 Å². The van der Waals surface area contributed by atoms with Gasteiger partial charge < -0.3 is 9.64 Å². The van der Waals surface area contributed by atoms with Gasteiger partial charge in [0.2, 0.25) is 0 Å². The molecule has 25 heavy (non-hydrogen) atoms. The summed E-state index contributed by atoms with van der Waals surface area (Å²) in [6, 6.07) is 7.06. The van der Waals surface area contributed by atoms with E-state index in [0.29, 0.717) is 5.75 Å². The molecule has 7 heteroatoms. The molecule has 0 saturated carbocycles. The van der Waals surface area contributed by atoms with Crippen molar-refractivity contribution in [1.82, 2.24) is 4.90 Å². The molecule has 0 N–H and O–H groups in total. The maximum Gasteiger partial charge on any atom is 0.417 e. The molecule has 0 aliphatic heterocycles. The van der Waals surface area contributed by atoms with Gasteiger partial charge in [0, 0.05) is 14.1 Å². The first-order valence-corrected chi connectivity index (χ1v) is 7.82. The van der Waals surface area contributed by atoms with E-state index in [9.17, 15) is 13.2 Å². The quantitative estimate of drug-likeness (QED) is 0.488. The molecule has 0 heterocycles. The predicted octanol–water partition coefficient (Wildman–Crippen LogP) is 5.99. The Morgan fingerprint density at radius 3 is 2.36 bits per heavy atom. The maximum absolute atomic E-state index is 13.0. The molecule has 2 aromatic rings. The minimum absolute atomic E-state index is 0.0729. The number of ether oxygens (including phenoxy) is 1. The standard InChI is InChI=1S/C18H18ClF3N2O/c1-11-8-17(12(2)7-16(11)23-10-24(3)4)25-13-5-6-15(19)14(9-13)18(20,21)22/h5-10H,1-4H3. The van der Waals surface area contributed by atoms with Crippen LogP contribution in [0.4, 0.5) is 18.9 Å². The number of rotatable bonds is 4. The van der Waals surface area contributed by atoms with Gasteiger partial charge in [0.05, 0.1) is 22.6 Å². The highest BCUT2D eigenvalue weighted by atomic mass is 35.5. The van der Waals surface area contributed by atoms with Crippen LogP contribution in [-0.2, 0) is 6.18 Å². The topological polar surface area (TPSA) is 24.8 Å². The summed E-state index contributed by atoms with van der Waals surface area (Å²) in [5.74, 6) is 0.542. The maximum atomic E-state index is 13.0. The summed E-state index contributed by atoms with van der Waals surface area (Å²) in [6.45, 7) is 3.67. The number of alkyl halides is 3. The molecule has 2 rings (SSSR count). The average Bonchev–Trinajstić information content (AvgIpc) is 2.49. The van der Waals surface area contributed by atoms with Crippen LogP contribution in [0.3, 0.4) is 0 Å². The summed E-state index contributed by atoms with van der Waals surface area (Å²) in [5, 5.41) is -0.360. The van der Waals surface area contributed by atoms with Crippen LogP contribution in [-0.4, -0.2) is 25.3 Å². The second-order valence-electron chi connectivity index (χ2n) is 5.85. The highest BCUT2D eigenvalue weighted by Crippen LogP contribution is 2.38. The minimum Gasteiger partial charge on any atom is -0.457 e. The fourth-order valence-electron chi connectivity index (χ4n) is 2.11. The SMILES string of the molecule is Cc1cc(Oc2ccc(Cl)c(C(F)(F)F)c2)c(C)cc1N=CN(C)C. The second-order valence-corrected chi connectivity index (χ2v) is 6.26. The van der Waals surface area contributed by atoms with Crippen molar-refractivity contribution in [3.8, 4) is 11.5 Å². The fraction of sp³-hybridized carbons (Fsp3) is 0.278. The number of nitrogens with zero attached hydrogens (tertiary/aromatic N) is 2. The van der Waals surface area contributed by atoms with Crippen LogP contribution in [0.15, 0.2) is 35.3 Å². The Hall–Kier alpha value is -2.21. The number of hydrogen-bond acceptors (Lipinski definition) is 2. The molecule has 2 aromatic carbocycles. The van der Waals surface area contributed by atoms with Gasteiger partial charge >= 0.3 is 6.18 Å². The first-order valence-electron chi connectivity index (χ1n) is 7.44. The van der Waals surface area contributed by atoms with Crippen LogP contribution < -0.4 is 4.74 Å². The van der Waals surface area contributed by atoms with Crippen LogP contribution in [0.5, 0.6) is 11.5 Å². The highest BCUT2D eigenvalue weighted by Gasteiger charge is 2.33. The number of benzene rings is 2. The van der Waals surface area contributed by atoms with Crippen molar-refractivity contribution in [1.29, 1.82) is 0 Å². The van der Waals surface area contributed by atoms with Crippen molar-refractivity contribution < 1.29 is 17.9 Å². The lowest BCUT2D eigenvalue weighted by Gasteiger charge is -2.14. The third kappa shape index (κ3) is 4.89. The number of aryl methyl sites for hydroxylation is 2. The molecule has 0 saturated heterocycles. The van der Waals surface area contributed by atoms with E-state index in [4.69, 9.17) is 16.3 Å². The van der Waals surface area contributed by atoms with Gasteiger partial charge in [-0.15, -0.1) is 0 Å². The van der Waals surface area contributed by atoms with Crippen molar-refractivity contribution in [3.05, 3.63) is 52.0 Å². The summed E-state index contributed by atoms with van der Waals surface area (Å²) >= 11 is 5.63. The Morgan fingerprint density at radius 1 is 1.08 bits per heavy atom. The van der Waals surface area contributed by atoms with Crippen LogP contribution in [0.2, 0.25) is 5.02 Å². The van der Waals surface area contributed by atoms with Gasteiger partial charge in [-0.1, -0.05) is 11.6 Å².